The maximum Gasteiger partial charge on any atom is 0.00961 e. The lowest BCUT2D eigenvalue weighted by Gasteiger charge is -2.27. The van der Waals surface area contributed by atoms with Crippen molar-refractivity contribution in [2.75, 3.05) is 6.54 Å². The fraction of sp³-hybridized carbons (Fsp3) is 1.00. The fourth-order valence-electron chi connectivity index (χ4n) is 2.49. The van der Waals surface area contributed by atoms with Crippen molar-refractivity contribution in [3.63, 3.8) is 0 Å². The molecule has 1 heteroatoms. The van der Waals surface area contributed by atoms with E-state index in [4.69, 9.17) is 0 Å². The van der Waals surface area contributed by atoms with Gasteiger partial charge in [-0.25, -0.2) is 0 Å². The van der Waals surface area contributed by atoms with Gasteiger partial charge in [-0.3, -0.25) is 4.90 Å². The second kappa shape index (κ2) is 3.37. The van der Waals surface area contributed by atoms with Gasteiger partial charge in [0.25, 0.3) is 0 Å². The summed E-state index contributed by atoms with van der Waals surface area (Å²) in [4.78, 5) is 2.76. The Bertz CT molecular complexity index is 151. The second-order valence-corrected chi connectivity index (χ2v) is 4.63. The second-order valence-electron chi connectivity index (χ2n) is 4.63. The highest BCUT2D eigenvalue weighted by atomic mass is 15.2. The summed E-state index contributed by atoms with van der Waals surface area (Å²) in [5.74, 6) is 1.07. The van der Waals surface area contributed by atoms with Crippen LogP contribution in [0.4, 0.5) is 0 Å². The summed E-state index contributed by atoms with van der Waals surface area (Å²) in [6.07, 6.45) is 7.24. The highest BCUT2D eigenvalue weighted by Gasteiger charge is 2.33. The molecule has 2 aliphatic rings. The standard InChI is InChI=1S/C11H21N/c1-3-11-7-4-9(2)12(11)8-10-5-6-10/h9-11H,3-8H2,1-2H3. The van der Waals surface area contributed by atoms with Crippen molar-refractivity contribution in [2.24, 2.45) is 5.92 Å². The van der Waals surface area contributed by atoms with Crippen LogP contribution in [0.3, 0.4) is 0 Å². The summed E-state index contributed by atoms with van der Waals surface area (Å²) >= 11 is 0. The van der Waals surface area contributed by atoms with Crippen molar-refractivity contribution in [1.82, 2.24) is 4.90 Å². The van der Waals surface area contributed by atoms with Crippen molar-refractivity contribution >= 4 is 0 Å². The highest BCUT2D eigenvalue weighted by molar-refractivity contribution is 4.88. The van der Waals surface area contributed by atoms with E-state index < -0.39 is 0 Å². The minimum Gasteiger partial charge on any atom is -0.297 e. The van der Waals surface area contributed by atoms with E-state index in [1.165, 1.54) is 38.6 Å². The van der Waals surface area contributed by atoms with E-state index >= 15 is 0 Å². The number of nitrogens with zero attached hydrogens (tertiary/aromatic N) is 1. The lowest BCUT2D eigenvalue weighted by atomic mass is 10.1. The van der Waals surface area contributed by atoms with E-state index in [1.54, 1.807) is 0 Å². The topological polar surface area (TPSA) is 3.24 Å². The van der Waals surface area contributed by atoms with Gasteiger partial charge < -0.3 is 0 Å². The SMILES string of the molecule is CCC1CCC(C)N1CC1CC1. The molecule has 1 aliphatic heterocycles. The van der Waals surface area contributed by atoms with Crippen LogP contribution in [0.1, 0.15) is 46.0 Å². The molecule has 2 unspecified atom stereocenters. The molecule has 0 spiro atoms. The number of hydrogen-bond donors (Lipinski definition) is 0. The third kappa shape index (κ3) is 1.66. The van der Waals surface area contributed by atoms with Crippen molar-refractivity contribution in [1.29, 1.82) is 0 Å². The Morgan fingerprint density at radius 1 is 1.17 bits per heavy atom. The van der Waals surface area contributed by atoms with Gasteiger partial charge in [0.2, 0.25) is 0 Å². The monoisotopic (exact) mass is 167 g/mol. The Balaban J connectivity index is 1.88. The maximum absolute atomic E-state index is 2.76. The van der Waals surface area contributed by atoms with E-state index in [0.29, 0.717) is 0 Å². The highest BCUT2D eigenvalue weighted by Crippen LogP contribution is 2.34. The van der Waals surface area contributed by atoms with Crippen LogP contribution in [0.25, 0.3) is 0 Å². The average molecular weight is 167 g/mol. The molecule has 2 fully saturated rings. The largest absolute Gasteiger partial charge is 0.297 e. The maximum atomic E-state index is 2.76. The van der Waals surface area contributed by atoms with Gasteiger partial charge in [0.15, 0.2) is 0 Å². The first-order valence-electron chi connectivity index (χ1n) is 5.57. The van der Waals surface area contributed by atoms with Crippen LogP contribution in [0.15, 0.2) is 0 Å². The Labute approximate surface area is 76.1 Å². The van der Waals surface area contributed by atoms with Gasteiger partial charge in [0.05, 0.1) is 0 Å². The van der Waals surface area contributed by atoms with Crippen LogP contribution >= 0.6 is 0 Å². The molecule has 0 aromatic carbocycles. The minimum atomic E-state index is 0.871. The summed E-state index contributed by atoms with van der Waals surface area (Å²) in [6, 6.07) is 1.79. The number of rotatable bonds is 3. The first-order chi connectivity index (χ1) is 5.81. The Kier molecular flexibility index (Phi) is 2.40. The Morgan fingerprint density at radius 2 is 1.92 bits per heavy atom. The van der Waals surface area contributed by atoms with E-state index in [9.17, 15) is 0 Å². The zero-order chi connectivity index (χ0) is 8.55. The first kappa shape index (κ1) is 8.55. The molecule has 0 bridgehead atoms. The van der Waals surface area contributed by atoms with E-state index in [-0.39, 0.29) is 0 Å². The van der Waals surface area contributed by atoms with Crippen LogP contribution in [0.2, 0.25) is 0 Å². The average Bonchev–Trinajstić information content (AvgIpc) is 2.80. The van der Waals surface area contributed by atoms with Crippen LogP contribution in [0, 0.1) is 5.92 Å². The molecule has 0 radical (unpaired) electrons. The molecular weight excluding hydrogens is 146 g/mol. The number of hydrogen-bond acceptors (Lipinski definition) is 1. The van der Waals surface area contributed by atoms with Crippen LogP contribution in [0.5, 0.6) is 0 Å². The van der Waals surface area contributed by atoms with Crippen LogP contribution in [-0.2, 0) is 0 Å². The predicted molar refractivity (Wildman–Crippen MR) is 52.2 cm³/mol. The van der Waals surface area contributed by atoms with Crippen molar-refractivity contribution in [3.8, 4) is 0 Å². The lowest BCUT2D eigenvalue weighted by molar-refractivity contribution is 0.190. The van der Waals surface area contributed by atoms with E-state index in [1.807, 2.05) is 0 Å². The first-order valence-corrected chi connectivity index (χ1v) is 5.57. The van der Waals surface area contributed by atoms with Gasteiger partial charge in [0, 0.05) is 18.6 Å². The van der Waals surface area contributed by atoms with Gasteiger partial charge in [-0.1, -0.05) is 6.92 Å². The van der Waals surface area contributed by atoms with Crippen molar-refractivity contribution in [3.05, 3.63) is 0 Å². The van der Waals surface area contributed by atoms with E-state index in [2.05, 4.69) is 18.7 Å². The molecule has 0 aromatic heterocycles. The molecular formula is C11H21N. The molecule has 1 aliphatic carbocycles. The summed E-state index contributed by atoms with van der Waals surface area (Å²) in [7, 11) is 0. The summed E-state index contributed by atoms with van der Waals surface area (Å²) in [5, 5.41) is 0. The van der Waals surface area contributed by atoms with E-state index in [0.717, 1.165) is 18.0 Å². The van der Waals surface area contributed by atoms with Crippen molar-refractivity contribution in [2.45, 2.75) is 58.0 Å². The quantitative estimate of drug-likeness (QED) is 0.624. The smallest absolute Gasteiger partial charge is 0.00961 e. The van der Waals surface area contributed by atoms with Crippen LogP contribution < -0.4 is 0 Å². The third-order valence-corrected chi connectivity index (χ3v) is 3.59. The van der Waals surface area contributed by atoms with Gasteiger partial charge in [-0.2, -0.15) is 0 Å². The Hall–Kier alpha value is -0.0400. The van der Waals surface area contributed by atoms with Gasteiger partial charge in [0.1, 0.15) is 0 Å². The van der Waals surface area contributed by atoms with Crippen LogP contribution in [-0.4, -0.2) is 23.5 Å². The molecule has 2 atom stereocenters. The summed E-state index contributed by atoms with van der Waals surface area (Å²) in [5.41, 5.74) is 0. The summed E-state index contributed by atoms with van der Waals surface area (Å²) in [6.45, 7) is 6.14. The molecule has 0 N–H and O–H groups in total. The molecule has 2 rings (SSSR count). The third-order valence-electron chi connectivity index (χ3n) is 3.59. The van der Waals surface area contributed by atoms with Crippen molar-refractivity contribution < 1.29 is 0 Å². The van der Waals surface area contributed by atoms with Gasteiger partial charge in [-0.15, -0.1) is 0 Å². The minimum absolute atomic E-state index is 0.871. The van der Waals surface area contributed by atoms with Gasteiger partial charge >= 0.3 is 0 Å². The zero-order valence-corrected chi connectivity index (χ0v) is 8.42. The fourth-order valence-corrected chi connectivity index (χ4v) is 2.49. The molecule has 1 saturated heterocycles. The molecule has 1 heterocycles. The molecule has 1 saturated carbocycles. The normalized spacial score (nSPS) is 37.5. The molecule has 0 amide bonds. The zero-order valence-electron chi connectivity index (χ0n) is 8.42. The lowest BCUT2D eigenvalue weighted by Crippen LogP contribution is -2.35. The molecule has 1 nitrogen and oxygen atoms in total. The Morgan fingerprint density at radius 3 is 2.50 bits per heavy atom. The number of likely N-dealkylation sites (tertiary alicyclic amines) is 1. The molecule has 0 aromatic rings. The van der Waals surface area contributed by atoms with Gasteiger partial charge in [-0.05, 0) is 44.9 Å². The summed E-state index contributed by atoms with van der Waals surface area (Å²) < 4.78 is 0. The predicted octanol–water partition coefficient (Wildman–Crippen LogP) is 2.66. The molecule has 70 valence electrons. The molecule has 12 heavy (non-hydrogen) atoms.